The first-order valence-corrected chi connectivity index (χ1v) is 7.67. The van der Waals surface area contributed by atoms with Crippen LogP contribution in [0.5, 0.6) is 0 Å². The van der Waals surface area contributed by atoms with E-state index < -0.39 is 0 Å². The molecule has 1 aromatic rings. The third-order valence-corrected chi connectivity index (χ3v) is 3.89. The Bertz CT molecular complexity index is 439. The van der Waals surface area contributed by atoms with Gasteiger partial charge in [-0.05, 0) is 18.3 Å². The standard InChI is InChI=1S/C15H26N4O2/c1-15(2,3)14-12(6-8-21-14)9-17-13(20)5-4-7-19-11-16-10-18-19/h10-12,14H,4-9H2,1-3H3,(H,17,20)/t12-,14+/m1/s1. The summed E-state index contributed by atoms with van der Waals surface area (Å²) in [5, 5.41) is 7.06. The number of aromatic nitrogens is 3. The van der Waals surface area contributed by atoms with E-state index in [1.807, 2.05) is 0 Å². The molecular formula is C15H26N4O2. The Hall–Kier alpha value is -1.43. The summed E-state index contributed by atoms with van der Waals surface area (Å²) in [5.74, 6) is 0.527. The van der Waals surface area contributed by atoms with Crippen LogP contribution < -0.4 is 5.32 Å². The zero-order valence-corrected chi connectivity index (χ0v) is 13.2. The molecule has 0 radical (unpaired) electrons. The van der Waals surface area contributed by atoms with Gasteiger partial charge < -0.3 is 10.1 Å². The average molecular weight is 294 g/mol. The molecule has 0 aliphatic carbocycles. The monoisotopic (exact) mass is 294 g/mol. The van der Waals surface area contributed by atoms with Gasteiger partial charge in [-0.2, -0.15) is 5.10 Å². The molecule has 1 amide bonds. The summed E-state index contributed by atoms with van der Waals surface area (Å²) >= 11 is 0. The number of carbonyl (C=O) groups excluding carboxylic acids is 1. The molecule has 2 rings (SSSR count). The lowest BCUT2D eigenvalue weighted by molar-refractivity contribution is -0.121. The van der Waals surface area contributed by atoms with Crippen molar-refractivity contribution in [1.82, 2.24) is 20.1 Å². The van der Waals surface area contributed by atoms with Crippen molar-refractivity contribution in [2.45, 2.75) is 52.7 Å². The van der Waals surface area contributed by atoms with E-state index in [-0.39, 0.29) is 17.4 Å². The van der Waals surface area contributed by atoms with Gasteiger partial charge in [0.15, 0.2) is 0 Å². The smallest absolute Gasteiger partial charge is 0.220 e. The van der Waals surface area contributed by atoms with Crippen molar-refractivity contribution >= 4 is 5.91 Å². The third-order valence-electron chi connectivity index (χ3n) is 3.89. The molecule has 1 aliphatic rings. The molecule has 0 unspecified atom stereocenters. The van der Waals surface area contributed by atoms with Crippen molar-refractivity contribution in [2.75, 3.05) is 13.2 Å². The molecule has 2 heterocycles. The van der Waals surface area contributed by atoms with Gasteiger partial charge in [-0.25, -0.2) is 4.98 Å². The fraction of sp³-hybridized carbons (Fsp3) is 0.800. The topological polar surface area (TPSA) is 69.0 Å². The molecule has 0 aromatic carbocycles. The Labute approximate surface area is 126 Å². The van der Waals surface area contributed by atoms with Crippen LogP contribution in [0.1, 0.15) is 40.0 Å². The lowest BCUT2D eigenvalue weighted by Gasteiger charge is -2.31. The SMILES string of the molecule is CC(C)(C)[C@H]1OCC[C@@H]1CNC(=O)CCCn1cncn1. The molecular weight excluding hydrogens is 268 g/mol. The first kappa shape index (κ1) is 15.9. The van der Waals surface area contributed by atoms with Crippen molar-refractivity contribution in [3.8, 4) is 0 Å². The molecule has 0 spiro atoms. The lowest BCUT2D eigenvalue weighted by Crippen LogP contribution is -2.38. The van der Waals surface area contributed by atoms with Crippen molar-refractivity contribution in [3.05, 3.63) is 12.7 Å². The van der Waals surface area contributed by atoms with E-state index in [2.05, 4.69) is 36.2 Å². The van der Waals surface area contributed by atoms with Gasteiger partial charge in [0.05, 0.1) is 6.10 Å². The van der Waals surface area contributed by atoms with Crippen molar-refractivity contribution in [3.63, 3.8) is 0 Å². The molecule has 1 saturated heterocycles. The van der Waals surface area contributed by atoms with Gasteiger partial charge in [-0.15, -0.1) is 0 Å². The van der Waals surface area contributed by atoms with Gasteiger partial charge >= 0.3 is 0 Å². The van der Waals surface area contributed by atoms with Gasteiger partial charge in [0.1, 0.15) is 12.7 Å². The predicted octanol–water partition coefficient (Wildman–Crippen LogP) is 1.63. The van der Waals surface area contributed by atoms with E-state index in [1.54, 1.807) is 11.0 Å². The second-order valence-electron chi connectivity index (χ2n) is 6.77. The zero-order valence-electron chi connectivity index (χ0n) is 13.2. The summed E-state index contributed by atoms with van der Waals surface area (Å²) in [4.78, 5) is 15.8. The van der Waals surface area contributed by atoms with Gasteiger partial charge in [0.25, 0.3) is 0 Å². The van der Waals surface area contributed by atoms with Crippen LogP contribution in [-0.2, 0) is 16.1 Å². The molecule has 6 heteroatoms. The number of aryl methyl sites for hydroxylation is 1. The first-order chi connectivity index (χ1) is 9.97. The molecule has 0 saturated carbocycles. The molecule has 1 fully saturated rings. The van der Waals surface area contributed by atoms with Crippen molar-refractivity contribution in [2.24, 2.45) is 11.3 Å². The van der Waals surface area contributed by atoms with Crippen LogP contribution in [0.15, 0.2) is 12.7 Å². The minimum atomic E-state index is 0.106. The third kappa shape index (κ3) is 4.81. The van der Waals surface area contributed by atoms with Crippen LogP contribution in [0.3, 0.4) is 0 Å². The summed E-state index contributed by atoms with van der Waals surface area (Å²) in [5.41, 5.74) is 0.124. The highest BCUT2D eigenvalue weighted by Gasteiger charge is 2.37. The van der Waals surface area contributed by atoms with Crippen molar-refractivity contribution in [1.29, 1.82) is 0 Å². The fourth-order valence-corrected chi connectivity index (χ4v) is 2.88. The number of ether oxygens (including phenoxy) is 1. The molecule has 1 aliphatic heterocycles. The normalized spacial score (nSPS) is 22.4. The number of hydrogen-bond acceptors (Lipinski definition) is 4. The number of hydrogen-bond donors (Lipinski definition) is 1. The zero-order chi connectivity index (χ0) is 15.3. The number of carbonyl (C=O) groups is 1. The number of nitrogens with zero attached hydrogens (tertiary/aromatic N) is 3. The van der Waals surface area contributed by atoms with Crippen LogP contribution in [0, 0.1) is 11.3 Å². The van der Waals surface area contributed by atoms with Crippen LogP contribution >= 0.6 is 0 Å². The molecule has 21 heavy (non-hydrogen) atoms. The van der Waals surface area contributed by atoms with E-state index in [0.717, 1.165) is 26.0 Å². The maximum Gasteiger partial charge on any atom is 0.220 e. The average Bonchev–Trinajstić information content (AvgIpc) is 3.06. The van der Waals surface area contributed by atoms with Crippen LogP contribution in [-0.4, -0.2) is 39.9 Å². The second kappa shape index (κ2) is 7.02. The quantitative estimate of drug-likeness (QED) is 0.865. The van der Waals surface area contributed by atoms with E-state index in [1.165, 1.54) is 6.33 Å². The Morgan fingerprint density at radius 2 is 2.29 bits per heavy atom. The second-order valence-corrected chi connectivity index (χ2v) is 6.77. The maximum absolute atomic E-state index is 11.9. The maximum atomic E-state index is 11.9. The first-order valence-electron chi connectivity index (χ1n) is 7.67. The Balaban J connectivity index is 1.66. The Morgan fingerprint density at radius 3 is 2.95 bits per heavy atom. The molecule has 2 atom stereocenters. The lowest BCUT2D eigenvalue weighted by atomic mass is 9.81. The molecule has 0 bridgehead atoms. The molecule has 1 aromatic heterocycles. The van der Waals surface area contributed by atoms with Gasteiger partial charge in [-0.3, -0.25) is 9.48 Å². The van der Waals surface area contributed by atoms with E-state index in [9.17, 15) is 4.79 Å². The van der Waals surface area contributed by atoms with Crippen molar-refractivity contribution < 1.29 is 9.53 Å². The van der Waals surface area contributed by atoms with Crippen LogP contribution in [0.4, 0.5) is 0 Å². The Kier molecular flexibility index (Phi) is 5.33. The summed E-state index contributed by atoms with van der Waals surface area (Å²) in [6.07, 6.45) is 5.73. The van der Waals surface area contributed by atoms with Crippen LogP contribution in [0.2, 0.25) is 0 Å². The fourth-order valence-electron chi connectivity index (χ4n) is 2.88. The highest BCUT2D eigenvalue weighted by Crippen LogP contribution is 2.34. The Morgan fingerprint density at radius 1 is 1.48 bits per heavy atom. The van der Waals surface area contributed by atoms with E-state index in [0.29, 0.717) is 18.9 Å². The summed E-state index contributed by atoms with van der Waals surface area (Å²) < 4.78 is 7.57. The minimum absolute atomic E-state index is 0.106. The highest BCUT2D eigenvalue weighted by atomic mass is 16.5. The summed E-state index contributed by atoms with van der Waals surface area (Å²) in [6.45, 7) is 8.81. The van der Waals surface area contributed by atoms with Crippen LogP contribution in [0.25, 0.3) is 0 Å². The number of amides is 1. The summed E-state index contributed by atoms with van der Waals surface area (Å²) in [6, 6.07) is 0. The molecule has 118 valence electrons. The molecule has 6 nitrogen and oxygen atoms in total. The minimum Gasteiger partial charge on any atom is -0.377 e. The van der Waals surface area contributed by atoms with Gasteiger partial charge in [0, 0.05) is 32.0 Å². The van der Waals surface area contributed by atoms with Gasteiger partial charge in [-0.1, -0.05) is 20.8 Å². The van der Waals surface area contributed by atoms with E-state index >= 15 is 0 Å². The predicted molar refractivity (Wildman–Crippen MR) is 79.6 cm³/mol. The van der Waals surface area contributed by atoms with E-state index in [4.69, 9.17) is 4.74 Å². The largest absolute Gasteiger partial charge is 0.377 e. The highest BCUT2D eigenvalue weighted by molar-refractivity contribution is 5.75. The summed E-state index contributed by atoms with van der Waals surface area (Å²) in [7, 11) is 0. The molecule has 1 N–H and O–H groups in total. The number of rotatable bonds is 6. The van der Waals surface area contributed by atoms with Gasteiger partial charge in [0.2, 0.25) is 5.91 Å². The number of nitrogens with one attached hydrogen (secondary N) is 1.